The number of methoxy groups -OCH3 is 1. The quantitative estimate of drug-likeness (QED) is 0.830. The highest BCUT2D eigenvalue weighted by molar-refractivity contribution is 5.67. The number of aryl methyl sites for hydroxylation is 2. The molecule has 0 saturated heterocycles. The van der Waals surface area contributed by atoms with Gasteiger partial charge in [-0.2, -0.15) is 0 Å². The molecule has 106 valence electrons. The zero-order valence-electron chi connectivity index (χ0n) is 12.3. The summed E-state index contributed by atoms with van der Waals surface area (Å²) in [5, 5.41) is 12.2. The Labute approximate surface area is 114 Å². The largest absolute Gasteiger partial charge is 0.496 e. The molecule has 0 aromatic heterocycles. The summed E-state index contributed by atoms with van der Waals surface area (Å²) in [4.78, 5) is 10.9. The molecule has 1 aromatic rings. The highest BCUT2D eigenvalue weighted by Crippen LogP contribution is 2.34. The van der Waals surface area contributed by atoms with Gasteiger partial charge in [-0.1, -0.05) is 13.0 Å². The van der Waals surface area contributed by atoms with Gasteiger partial charge in [-0.3, -0.25) is 4.79 Å². The van der Waals surface area contributed by atoms with E-state index in [0.29, 0.717) is 0 Å². The van der Waals surface area contributed by atoms with Crippen LogP contribution in [0, 0.1) is 19.8 Å². The van der Waals surface area contributed by atoms with Crippen LogP contribution in [0.25, 0.3) is 0 Å². The van der Waals surface area contributed by atoms with E-state index in [1.54, 1.807) is 7.11 Å². The zero-order valence-corrected chi connectivity index (χ0v) is 12.3. The van der Waals surface area contributed by atoms with E-state index in [0.717, 1.165) is 22.4 Å². The molecule has 1 rings (SSSR count). The van der Waals surface area contributed by atoms with Gasteiger partial charge < -0.3 is 15.2 Å². The van der Waals surface area contributed by atoms with E-state index in [1.807, 2.05) is 33.9 Å². The van der Waals surface area contributed by atoms with Crippen LogP contribution < -0.4 is 10.1 Å². The summed E-state index contributed by atoms with van der Waals surface area (Å²) in [7, 11) is 3.49. The summed E-state index contributed by atoms with van der Waals surface area (Å²) in [5.74, 6) is 0.0170. The van der Waals surface area contributed by atoms with Gasteiger partial charge in [0.15, 0.2) is 0 Å². The maximum atomic E-state index is 10.9. The SMILES string of the molecule is CNC(c1c(C)cc(C)cc1OC)C(C)CC(=O)O. The highest BCUT2D eigenvalue weighted by atomic mass is 16.5. The first-order chi connectivity index (χ1) is 8.90. The number of hydrogen-bond acceptors (Lipinski definition) is 3. The van der Waals surface area contributed by atoms with Crippen LogP contribution in [0.3, 0.4) is 0 Å². The number of carboxylic acid groups (broad SMARTS) is 1. The first kappa shape index (κ1) is 15.5. The van der Waals surface area contributed by atoms with Crippen molar-refractivity contribution in [2.75, 3.05) is 14.2 Å². The third kappa shape index (κ3) is 3.70. The molecule has 2 unspecified atom stereocenters. The lowest BCUT2D eigenvalue weighted by Gasteiger charge is -2.26. The van der Waals surface area contributed by atoms with Crippen molar-refractivity contribution in [3.8, 4) is 5.75 Å². The van der Waals surface area contributed by atoms with Crippen LogP contribution in [-0.2, 0) is 4.79 Å². The standard InChI is InChI=1S/C15H23NO3/c1-9-6-10(2)14(12(7-9)19-5)15(16-4)11(3)8-13(17)18/h6-7,11,15-16H,8H2,1-5H3,(H,17,18). The smallest absolute Gasteiger partial charge is 0.303 e. The molecule has 1 aromatic carbocycles. The molecule has 0 heterocycles. The van der Waals surface area contributed by atoms with Crippen LogP contribution in [0.15, 0.2) is 12.1 Å². The number of ether oxygens (including phenoxy) is 1. The third-order valence-electron chi connectivity index (χ3n) is 3.40. The highest BCUT2D eigenvalue weighted by Gasteiger charge is 2.24. The lowest BCUT2D eigenvalue weighted by atomic mass is 9.88. The number of rotatable bonds is 6. The topological polar surface area (TPSA) is 58.6 Å². The van der Waals surface area contributed by atoms with Crippen LogP contribution >= 0.6 is 0 Å². The Morgan fingerprint density at radius 3 is 2.53 bits per heavy atom. The molecule has 0 bridgehead atoms. The molecular weight excluding hydrogens is 242 g/mol. The van der Waals surface area contributed by atoms with Gasteiger partial charge in [0.05, 0.1) is 7.11 Å². The number of hydrogen-bond donors (Lipinski definition) is 2. The number of carboxylic acids is 1. The maximum Gasteiger partial charge on any atom is 0.303 e. The van der Waals surface area contributed by atoms with Crippen molar-refractivity contribution in [3.63, 3.8) is 0 Å². The minimum Gasteiger partial charge on any atom is -0.496 e. The second-order valence-electron chi connectivity index (χ2n) is 5.04. The van der Waals surface area contributed by atoms with Crippen molar-refractivity contribution in [1.82, 2.24) is 5.32 Å². The summed E-state index contributed by atoms with van der Waals surface area (Å²) >= 11 is 0. The lowest BCUT2D eigenvalue weighted by molar-refractivity contribution is -0.138. The summed E-state index contributed by atoms with van der Waals surface area (Å²) in [6, 6.07) is 4.04. The summed E-state index contributed by atoms with van der Waals surface area (Å²) in [6.07, 6.45) is 0.127. The van der Waals surface area contributed by atoms with E-state index in [9.17, 15) is 4.79 Å². The minimum atomic E-state index is -0.781. The van der Waals surface area contributed by atoms with Crippen molar-refractivity contribution in [2.45, 2.75) is 33.2 Å². The summed E-state index contributed by atoms with van der Waals surface area (Å²) < 4.78 is 5.46. The summed E-state index contributed by atoms with van der Waals surface area (Å²) in [5.41, 5.74) is 3.30. The van der Waals surface area contributed by atoms with Crippen LogP contribution in [0.1, 0.15) is 36.1 Å². The van der Waals surface area contributed by atoms with Crippen LogP contribution in [0.4, 0.5) is 0 Å². The Kier molecular flexibility index (Phi) is 5.36. The van der Waals surface area contributed by atoms with E-state index in [1.165, 1.54) is 0 Å². The molecule has 0 amide bonds. The molecular formula is C15H23NO3. The van der Waals surface area contributed by atoms with Gasteiger partial charge in [-0.15, -0.1) is 0 Å². The second-order valence-corrected chi connectivity index (χ2v) is 5.04. The maximum absolute atomic E-state index is 10.9. The molecule has 0 saturated carbocycles. The Balaban J connectivity index is 3.20. The van der Waals surface area contributed by atoms with Crippen molar-refractivity contribution >= 4 is 5.97 Å². The predicted octanol–water partition coefficient (Wildman–Crippen LogP) is 2.68. The normalized spacial score (nSPS) is 13.9. The van der Waals surface area contributed by atoms with E-state index in [2.05, 4.69) is 11.4 Å². The van der Waals surface area contributed by atoms with Gasteiger partial charge in [0.2, 0.25) is 0 Å². The number of aliphatic carboxylic acids is 1. The number of nitrogens with one attached hydrogen (secondary N) is 1. The Morgan fingerprint density at radius 2 is 2.05 bits per heavy atom. The fourth-order valence-electron chi connectivity index (χ4n) is 2.61. The first-order valence-corrected chi connectivity index (χ1v) is 6.44. The Morgan fingerprint density at radius 1 is 1.42 bits per heavy atom. The molecule has 0 radical (unpaired) electrons. The molecule has 0 fully saturated rings. The molecule has 19 heavy (non-hydrogen) atoms. The lowest BCUT2D eigenvalue weighted by Crippen LogP contribution is -2.26. The predicted molar refractivity (Wildman–Crippen MR) is 75.7 cm³/mol. The van der Waals surface area contributed by atoms with Gasteiger partial charge >= 0.3 is 5.97 Å². The zero-order chi connectivity index (χ0) is 14.6. The monoisotopic (exact) mass is 265 g/mol. The van der Waals surface area contributed by atoms with Gasteiger partial charge in [-0.25, -0.2) is 0 Å². The molecule has 2 N–H and O–H groups in total. The van der Waals surface area contributed by atoms with Crippen molar-refractivity contribution in [1.29, 1.82) is 0 Å². The van der Waals surface area contributed by atoms with Gasteiger partial charge in [0, 0.05) is 18.0 Å². The van der Waals surface area contributed by atoms with E-state index in [-0.39, 0.29) is 18.4 Å². The Bertz CT molecular complexity index is 457. The third-order valence-corrected chi connectivity index (χ3v) is 3.40. The van der Waals surface area contributed by atoms with E-state index < -0.39 is 5.97 Å². The van der Waals surface area contributed by atoms with E-state index >= 15 is 0 Å². The molecule has 0 aliphatic carbocycles. The molecule has 2 atom stereocenters. The van der Waals surface area contributed by atoms with Gasteiger partial charge in [0.1, 0.15) is 5.75 Å². The van der Waals surface area contributed by atoms with E-state index in [4.69, 9.17) is 9.84 Å². The van der Waals surface area contributed by atoms with Gasteiger partial charge in [-0.05, 0) is 44.0 Å². The van der Waals surface area contributed by atoms with Crippen molar-refractivity contribution < 1.29 is 14.6 Å². The molecule has 4 nitrogen and oxygen atoms in total. The second kappa shape index (κ2) is 6.57. The van der Waals surface area contributed by atoms with Crippen LogP contribution in [0.2, 0.25) is 0 Å². The summed E-state index contributed by atoms with van der Waals surface area (Å²) in [6.45, 7) is 5.99. The van der Waals surface area contributed by atoms with Crippen molar-refractivity contribution in [3.05, 3.63) is 28.8 Å². The van der Waals surface area contributed by atoms with Crippen LogP contribution in [-0.4, -0.2) is 25.2 Å². The van der Waals surface area contributed by atoms with Crippen LogP contribution in [0.5, 0.6) is 5.75 Å². The first-order valence-electron chi connectivity index (χ1n) is 6.44. The fourth-order valence-corrected chi connectivity index (χ4v) is 2.61. The fraction of sp³-hybridized carbons (Fsp3) is 0.533. The Hall–Kier alpha value is -1.55. The van der Waals surface area contributed by atoms with Crippen molar-refractivity contribution in [2.24, 2.45) is 5.92 Å². The molecule has 0 spiro atoms. The van der Waals surface area contributed by atoms with Gasteiger partial charge in [0.25, 0.3) is 0 Å². The minimum absolute atomic E-state index is 0.0159. The molecule has 4 heteroatoms. The average Bonchev–Trinajstić information content (AvgIpc) is 2.31. The number of benzene rings is 1. The number of carbonyl (C=O) groups is 1. The average molecular weight is 265 g/mol. The molecule has 0 aliphatic rings. The molecule has 0 aliphatic heterocycles.